The highest BCUT2D eigenvalue weighted by atomic mass is 79.9. The molecular formula is C25H19BrN4O. The number of benzene rings is 3. The second kappa shape index (κ2) is 7.96. The van der Waals surface area contributed by atoms with Gasteiger partial charge in [0.1, 0.15) is 22.6 Å². The van der Waals surface area contributed by atoms with Crippen molar-refractivity contribution in [3.05, 3.63) is 105 Å². The third-order valence-corrected chi connectivity index (χ3v) is 5.81. The van der Waals surface area contributed by atoms with Gasteiger partial charge in [0.25, 0.3) is 5.56 Å². The smallest absolute Gasteiger partial charge is 0.280 e. The number of hydrogen-bond acceptors (Lipinski definition) is 3. The second-order valence-electron chi connectivity index (χ2n) is 7.48. The molecule has 0 unspecified atom stereocenters. The number of aromatic nitrogens is 4. The number of hydrogen-bond donors (Lipinski definition) is 1. The molecule has 0 amide bonds. The molecule has 0 aliphatic heterocycles. The lowest BCUT2D eigenvalue weighted by atomic mass is 10.1. The zero-order valence-electron chi connectivity index (χ0n) is 16.8. The summed E-state index contributed by atoms with van der Waals surface area (Å²) >= 11 is 3.47. The van der Waals surface area contributed by atoms with Crippen molar-refractivity contribution in [2.45, 2.75) is 13.5 Å². The molecule has 31 heavy (non-hydrogen) atoms. The van der Waals surface area contributed by atoms with Crippen molar-refractivity contribution in [1.29, 1.82) is 0 Å². The average Bonchev–Trinajstić information content (AvgIpc) is 3.22. The highest BCUT2D eigenvalue weighted by molar-refractivity contribution is 9.10. The number of H-pyrrole nitrogens is 1. The van der Waals surface area contributed by atoms with Gasteiger partial charge in [-0.3, -0.25) is 14.5 Å². The number of aryl methyl sites for hydroxylation is 1. The maximum atomic E-state index is 13.5. The van der Waals surface area contributed by atoms with Crippen LogP contribution in [0.15, 0.2) is 88.1 Å². The van der Waals surface area contributed by atoms with E-state index in [2.05, 4.69) is 26.1 Å². The first-order valence-electron chi connectivity index (χ1n) is 9.96. The summed E-state index contributed by atoms with van der Waals surface area (Å²) < 4.78 is 2.71. The lowest BCUT2D eigenvalue weighted by Crippen LogP contribution is -2.24. The van der Waals surface area contributed by atoms with Gasteiger partial charge in [-0.1, -0.05) is 88.2 Å². The number of rotatable bonds is 4. The van der Waals surface area contributed by atoms with E-state index in [4.69, 9.17) is 4.98 Å². The molecule has 0 radical (unpaired) electrons. The van der Waals surface area contributed by atoms with E-state index >= 15 is 0 Å². The van der Waals surface area contributed by atoms with Crippen molar-refractivity contribution in [2.75, 3.05) is 0 Å². The largest absolute Gasteiger partial charge is 0.286 e. The van der Waals surface area contributed by atoms with Crippen LogP contribution < -0.4 is 5.56 Å². The molecule has 2 aromatic heterocycles. The van der Waals surface area contributed by atoms with Crippen LogP contribution in [0, 0.1) is 6.92 Å². The summed E-state index contributed by atoms with van der Waals surface area (Å²) in [5.74, 6) is 0.624. The van der Waals surface area contributed by atoms with Crippen LogP contribution in [0.1, 0.15) is 11.1 Å². The Hall–Kier alpha value is -3.51. The number of nitrogens with one attached hydrogen (secondary N) is 1. The lowest BCUT2D eigenvalue weighted by molar-refractivity contribution is 0.757. The molecule has 0 spiro atoms. The molecule has 0 atom stereocenters. The number of aromatic amines is 1. The van der Waals surface area contributed by atoms with Crippen molar-refractivity contribution in [1.82, 2.24) is 19.7 Å². The summed E-state index contributed by atoms with van der Waals surface area (Å²) in [6.07, 6.45) is 0. The first-order chi connectivity index (χ1) is 15.1. The van der Waals surface area contributed by atoms with Gasteiger partial charge in [0.2, 0.25) is 0 Å². The molecule has 0 fully saturated rings. The molecule has 5 aromatic rings. The SMILES string of the molecule is Cc1ccc(-c2nc3c(-c4ccccc4)n[nH]c3c(=O)n2Cc2ccc(Br)cc2)cc1. The Balaban J connectivity index is 1.75. The molecule has 0 aliphatic rings. The molecule has 5 rings (SSSR count). The Morgan fingerprint density at radius 3 is 2.32 bits per heavy atom. The van der Waals surface area contributed by atoms with Crippen molar-refractivity contribution in [2.24, 2.45) is 0 Å². The molecule has 0 aliphatic carbocycles. The van der Waals surface area contributed by atoms with Gasteiger partial charge >= 0.3 is 0 Å². The van der Waals surface area contributed by atoms with E-state index in [0.29, 0.717) is 29.1 Å². The number of fused-ring (bicyclic) bond motifs is 1. The Morgan fingerprint density at radius 2 is 1.61 bits per heavy atom. The summed E-state index contributed by atoms with van der Waals surface area (Å²) in [5.41, 5.74) is 5.51. The average molecular weight is 471 g/mol. The predicted molar refractivity (Wildman–Crippen MR) is 127 cm³/mol. The maximum Gasteiger partial charge on any atom is 0.280 e. The highest BCUT2D eigenvalue weighted by Crippen LogP contribution is 2.26. The van der Waals surface area contributed by atoms with Crippen molar-refractivity contribution < 1.29 is 0 Å². The quantitative estimate of drug-likeness (QED) is 0.373. The van der Waals surface area contributed by atoms with Crippen LogP contribution in [0.3, 0.4) is 0 Å². The summed E-state index contributed by atoms with van der Waals surface area (Å²) in [7, 11) is 0. The van der Waals surface area contributed by atoms with Crippen LogP contribution in [0.25, 0.3) is 33.7 Å². The first kappa shape index (κ1) is 19.5. The van der Waals surface area contributed by atoms with E-state index in [-0.39, 0.29) is 5.56 Å². The molecule has 0 bridgehead atoms. The summed E-state index contributed by atoms with van der Waals surface area (Å²) in [6, 6.07) is 25.8. The molecule has 0 saturated heterocycles. The summed E-state index contributed by atoms with van der Waals surface area (Å²) in [6.45, 7) is 2.46. The monoisotopic (exact) mass is 470 g/mol. The van der Waals surface area contributed by atoms with Crippen LogP contribution in [0.5, 0.6) is 0 Å². The van der Waals surface area contributed by atoms with Crippen molar-refractivity contribution in [3.8, 4) is 22.6 Å². The number of halogens is 1. The number of nitrogens with zero attached hydrogens (tertiary/aromatic N) is 3. The van der Waals surface area contributed by atoms with Crippen LogP contribution in [-0.4, -0.2) is 19.7 Å². The molecular weight excluding hydrogens is 452 g/mol. The van der Waals surface area contributed by atoms with E-state index in [1.165, 1.54) is 0 Å². The summed E-state index contributed by atoms with van der Waals surface area (Å²) in [4.78, 5) is 18.5. The Kier molecular flexibility index (Phi) is 5.00. The Morgan fingerprint density at radius 1 is 0.903 bits per heavy atom. The molecule has 0 saturated carbocycles. The van der Waals surface area contributed by atoms with Crippen LogP contribution in [0.4, 0.5) is 0 Å². The van der Waals surface area contributed by atoms with E-state index in [9.17, 15) is 4.79 Å². The van der Waals surface area contributed by atoms with Gasteiger partial charge in [0.15, 0.2) is 0 Å². The minimum Gasteiger partial charge on any atom is -0.286 e. The van der Waals surface area contributed by atoms with Crippen molar-refractivity contribution >= 4 is 27.0 Å². The fourth-order valence-electron chi connectivity index (χ4n) is 3.63. The van der Waals surface area contributed by atoms with E-state index in [1.807, 2.05) is 85.8 Å². The minimum atomic E-state index is -0.141. The topological polar surface area (TPSA) is 63.6 Å². The third-order valence-electron chi connectivity index (χ3n) is 5.28. The lowest BCUT2D eigenvalue weighted by Gasteiger charge is -2.13. The van der Waals surface area contributed by atoms with Gasteiger partial charge in [-0.25, -0.2) is 4.98 Å². The molecule has 2 heterocycles. The van der Waals surface area contributed by atoms with Crippen LogP contribution >= 0.6 is 15.9 Å². The van der Waals surface area contributed by atoms with E-state index in [0.717, 1.165) is 26.7 Å². The highest BCUT2D eigenvalue weighted by Gasteiger charge is 2.19. The minimum absolute atomic E-state index is 0.141. The molecule has 3 aromatic carbocycles. The van der Waals surface area contributed by atoms with Crippen LogP contribution in [-0.2, 0) is 6.54 Å². The Labute approximate surface area is 187 Å². The Bertz CT molecular complexity index is 1420. The standard InChI is InChI=1S/C25H19BrN4O/c1-16-7-11-19(12-8-16)24-27-22-21(18-5-3-2-4-6-18)28-29-23(22)25(31)30(24)15-17-9-13-20(26)14-10-17/h2-14H,15H2,1H3,(H,28,29). The molecule has 6 heteroatoms. The van der Waals surface area contributed by atoms with Gasteiger partial charge < -0.3 is 0 Å². The van der Waals surface area contributed by atoms with Crippen molar-refractivity contribution in [3.63, 3.8) is 0 Å². The second-order valence-corrected chi connectivity index (χ2v) is 8.40. The van der Waals surface area contributed by atoms with Crippen LogP contribution in [0.2, 0.25) is 0 Å². The van der Waals surface area contributed by atoms with Gasteiger partial charge in [0, 0.05) is 15.6 Å². The fourth-order valence-corrected chi connectivity index (χ4v) is 3.90. The molecule has 5 nitrogen and oxygen atoms in total. The predicted octanol–water partition coefficient (Wildman–Crippen LogP) is 5.57. The molecule has 152 valence electrons. The fraction of sp³-hybridized carbons (Fsp3) is 0.0800. The van der Waals surface area contributed by atoms with Gasteiger partial charge in [-0.15, -0.1) is 0 Å². The van der Waals surface area contributed by atoms with Gasteiger partial charge in [0.05, 0.1) is 6.54 Å². The normalized spacial score (nSPS) is 11.2. The van der Waals surface area contributed by atoms with E-state index in [1.54, 1.807) is 4.57 Å². The third kappa shape index (κ3) is 3.70. The van der Waals surface area contributed by atoms with Gasteiger partial charge in [-0.2, -0.15) is 5.10 Å². The zero-order valence-corrected chi connectivity index (χ0v) is 18.4. The van der Waals surface area contributed by atoms with Gasteiger partial charge in [-0.05, 0) is 24.6 Å². The first-order valence-corrected chi connectivity index (χ1v) is 10.8. The molecule has 1 N–H and O–H groups in total. The maximum absolute atomic E-state index is 13.5. The van der Waals surface area contributed by atoms with E-state index < -0.39 is 0 Å². The summed E-state index contributed by atoms with van der Waals surface area (Å²) in [5, 5.41) is 7.35. The zero-order chi connectivity index (χ0) is 21.4.